The zero-order valence-electron chi connectivity index (χ0n) is 22.7. The van der Waals surface area contributed by atoms with Crippen molar-refractivity contribution >= 4 is 44.4 Å². The summed E-state index contributed by atoms with van der Waals surface area (Å²) in [7, 11) is -4.24. The number of anilines is 1. The fourth-order valence-corrected chi connectivity index (χ4v) is 5.40. The van der Waals surface area contributed by atoms with Crippen LogP contribution in [-0.4, -0.2) is 44.3 Å². The molecule has 4 aromatic rings. The van der Waals surface area contributed by atoms with Crippen molar-refractivity contribution in [2.75, 3.05) is 18.4 Å². The number of benzene rings is 4. The number of sulfonamides is 1. The Hall–Kier alpha value is -4.70. The highest BCUT2D eigenvalue weighted by Gasteiger charge is 2.33. The van der Waals surface area contributed by atoms with Crippen LogP contribution in [0.15, 0.2) is 102 Å². The number of ether oxygens (including phenoxy) is 1. The van der Waals surface area contributed by atoms with E-state index in [4.69, 9.17) is 4.74 Å². The molecule has 0 aromatic heterocycles. The first-order chi connectivity index (χ1) is 19.7. The van der Waals surface area contributed by atoms with Crippen LogP contribution in [0.4, 0.5) is 10.5 Å². The molecule has 0 heterocycles. The van der Waals surface area contributed by atoms with Gasteiger partial charge in [0.15, 0.2) is 0 Å². The summed E-state index contributed by atoms with van der Waals surface area (Å²) in [5.41, 5.74) is 1.06. The summed E-state index contributed by atoms with van der Waals surface area (Å²) in [4.78, 5) is 40.3. The lowest BCUT2D eigenvalue weighted by Gasteiger charge is -2.24. The van der Waals surface area contributed by atoms with Crippen LogP contribution in [0.1, 0.15) is 19.4 Å². The van der Waals surface area contributed by atoms with Crippen LogP contribution < -0.4 is 14.8 Å². The lowest BCUT2D eigenvalue weighted by atomic mass is 9.97. The van der Waals surface area contributed by atoms with Crippen molar-refractivity contribution in [3.63, 3.8) is 0 Å². The van der Waals surface area contributed by atoms with Crippen LogP contribution in [0.2, 0.25) is 0 Å². The van der Waals surface area contributed by atoms with Crippen LogP contribution in [0.25, 0.3) is 10.8 Å². The molecule has 10 heteroatoms. The Bertz CT molecular complexity index is 1640. The van der Waals surface area contributed by atoms with Gasteiger partial charge in [-0.2, -0.15) is 0 Å². The minimum absolute atomic E-state index is 0.0385. The van der Waals surface area contributed by atoms with Gasteiger partial charge in [0.05, 0.1) is 4.90 Å². The van der Waals surface area contributed by atoms with E-state index in [1.54, 1.807) is 86.6 Å². The Morgan fingerprint density at radius 2 is 1.44 bits per heavy atom. The first kappa shape index (κ1) is 29.3. The predicted molar refractivity (Wildman–Crippen MR) is 157 cm³/mol. The Balaban J connectivity index is 1.50. The summed E-state index contributed by atoms with van der Waals surface area (Å²) in [5.74, 6) is -2.28. The number of carbonyl (C=O) groups excluding carboxylic acids is 3. The van der Waals surface area contributed by atoms with Crippen molar-refractivity contribution in [2.45, 2.75) is 25.2 Å². The number of fused-ring (bicyclic) bond motifs is 1. The quantitative estimate of drug-likeness (QED) is 0.258. The molecule has 41 heavy (non-hydrogen) atoms. The van der Waals surface area contributed by atoms with Crippen molar-refractivity contribution in [2.24, 2.45) is 5.92 Å². The summed E-state index contributed by atoms with van der Waals surface area (Å²) in [6.45, 7) is 4.31. The number of nitrogens with zero attached hydrogens (tertiary/aromatic N) is 1. The Kier molecular flexibility index (Phi) is 9.36. The molecule has 0 saturated heterocycles. The number of hydrogen-bond acceptors (Lipinski definition) is 6. The van der Waals surface area contributed by atoms with Crippen molar-refractivity contribution < 1.29 is 27.5 Å². The summed E-state index contributed by atoms with van der Waals surface area (Å²) < 4.78 is 33.6. The Labute approximate surface area is 239 Å². The molecule has 212 valence electrons. The monoisotopic (exact) mass is 573 g/mol. The third-order valence-electron chi connectivity index (χ3n) is 6.55. The number of para-hydroxylation sites is 1. The molecule has 0 aliphatic carbocycles. The summed E-state index contributed by atoms with van der Waals surface area (Å²) in [6.07, 6.45) is -0.708. The van der Waals surface area contributed by atoms with Gasteiger partial charge in [0.25, 0.3) is 10.0 Å². The maximum Gasteiger partial charge on any atom is 0.417 e. The standard InChI is InChI=1S/C31H31N3O6S/c1-3-34(4-2)30(36)28(29(35)33-41(38,39)27-19-16-23-10-8-9-11-24(23)21-27)20-22-14-17-25(18-15-22)32-31(37)40-26-12-6-5-7-13-26/h5-19,21,28H,3-4,20H2,1-2H3,(H,32,37)(H,33,35). The fourth-order valence-electron chi connectivity index (χ4n) is 4.34. The third-order valence-corrected chi connectivity index (χ3v) is 7.89. The van der Waals surface area contributed by atoms with Crippen molar-refractivity contribution in [1.82, 2.24) is 9.62 Å². The minimum Gasteiger partial charge on any atom is -0.410 e. The van der Waals surface area contributed by atoms with Gasteiger partial charge in [-0.3, -0.25) is 14.9 Å². The zero-order valence-corrected chi connectivity index (χ0v) is 23.6. The van der Waals surface area contributed by atoms with Gasteiger partial charge in [-0.05, 0) is 73.0 Å². The summed E-state index contributed by atoms with van der Waals surface area (Å²) in [5, 5.41) is 4.19. The lowest BCUT2D eigenvalue weighted by Crippen LogP contribution is -2.46. The molecule has 1 unspecified atom stereocenters. The van der Waals surface area contributed by atoms with Crippen molar-refractivity contribution in [1.29, 1.82) is 0 Å². The maximum absolute atomic E-state index is 13.4. The normalized spacial score (nSPS) is 11.9. The number of carbonyl (C=O) groups is 3. The number of nitrogens with one attached hydrogen (secondary N) is 2. The largest absolute Gasteiger partial charge is 0.417 e. The molecular weight excluding hydrogens is 542 g/mol. The van der Waals surface area contributed by atoms with E-state index in [0.717, 1.165) is 5.39 Å². The molecule has 2 N–H and O–H groups in total. The van der Waals surface area contributed by atoms with Crippen LogP contribution in [-0.2, 0) is 26.0 Å². The van der Waals surface area contributed by atoms with Gasteiger partial charge in [0, 0.05) is 18.8 Å². The molecule has 0 aliphatic heterocycles. The van der Waals surface area contributed by atoms with Crippen LogP contribution in [0.3, 0.4) is 0 Å². The average molecular weight is 574 g/mol. The number of rotatable bonds is 10. The first-order valence-electron chi connectivity index (χ1n) is 13.2. The zero-order chi connectivity index (χ0) is 29.4. The molecule has 0 radical (unpaired) electrons. The van der Waals surface area contributed by atoms with Crippen LogP contribution >= 0.6 is 0 Å². The van der Waals surface area contributed by atoms with E-state index in [0.29, 0.717) is 35.5 Å². The predicted octanol–water partition coefficient (Wildman–Crippen LogP) is 4.98. The highest BCUT2D eigenvalue weighted by atomic mass is 32.2. The third kappa shape index (κ3) is 7.49. The lowest BCUT2D eigenvalue weighted by molar-refractivity contribution is -0.141. The molecule has 0 fully saturated rings. The van der Waals surface area contributed by atoms with E-state index in [1.165, 1.54) is 17.0 Å². The smallest absolute Gasteiger partial charge is 0.410 e. The van der Waals surface area contributed by atoms with Crippen LogP contribution in [0.5, 0.6) is 5.75 Å². The van der Waals surface area contributed by atoms with Gasteiger partial charge in [-0.15, -0.1) is 0 Å². The van der Waals surface area contributed by atoms with Gasteiger partial charge in [-0.25, -0.2) is 17.9 Å². The van der Waals surface area contributed by atoms with E-state index in [2.05, 4.69) is 10.0 Å². The van der Waals surface area contributed by atoms with E-state index in [1.807, 2.05) is 12.1 Å². The maximum atomic E-state index is 13.4. The highest BCUT2D eigenvalue weighted by molar-refractivity contribution is 7.90. The van der Waals surface area contributed by atoms with E-state index >= 15 is 0 Å². The van der Waals surface area contributed by atoms with Gasteiger partial charge in [0.2, 0.25) is 11.8 Å². The molecule has 0 bridgehead atoms. The second-order valence-electron chi connectivity index (χ2n) is 9.27. The number of hydrogen-bond donors (Lipinski definition) is 2. The van der Waals surface area contributed by atoms with Gasteiger partial charge in [0.1, 0.15) is 11.7 Å². The molecule has 4 rings (SSSR count). The molecular formula is C31H31N3O6S. The molecule has 4 aromatic carbocycles. The molecule has 1 atom stereocenters. The van der Waals surface area contributed by atoms with Crippen LogP contribution in [0, 0.1) is 5.92 Å². The Morgan fingerprint density at radius 1 is 0.805 bits per heavy atom. The second kappa shape index (κ2) is 13.1. The van der Waals surface area contributed by atoms with Crippen molar-refractivity contribution in [3.05, 3.63) is 103 Å². The molecule has 0 spiro atoms. The second-order valence-corrected chi connectivity index (χ2v) is 11.0. The molecule has 0 aliphatic rings. The number of amides is 3. The topological polar surface area (TPSA) is 122 Å². The average Bonchev–Trinajstić information content (AvgIpc) is 2.97. The Morgan fingerprint density at radius 3 is 2.10 bits per heavy atom. The molecule has 3 amide bonds. The van der Waals surface area contributed by atoms with E-state index in [-0.39, 0.29) is 11.3 Å². The van der Waals surface area contributed by atoms with E-state index in [9.17, 15) is 22.8 Å². The van der Waals surface area contributed by atoms with Gasteiger partial charge < -0.3 is 9.64 Å². The van der Waals surface area contributed by atoms with Crippen molar-refractivity contribution in [3.8, 4) is 5.75 Å². The van der Waals surface area contributed by atoms with Gasteiger partial charge in [-0.1, -0.05) is 60.7 Å². The molecule has 0 saturated carbocycles. The molecule has 9 nitrogen and oxygen atoms in total. The summed E-state index contributed by atoms with van der Waals surface area (Å²) in [6, 6.07) is 27.0. The fraction of sp³-hybridized carbons (Fsp3) is 0.194. The minimum atomic E-state index is -4.24. The highest BCUT2D eigenvalue weighted by Crippen LogP contribution is 2.21. The van der Waals surface area contributed by atoms with Gasteiger partial charge >= 0.3 is 6.09 Å². The summed E-state index contributed by atoms with van der Waals surface area (Å²) >= 11 is 0. The van der Waals surface area contributed by atoms with E-state index < -0.39 is 33.8 Å². The first-order valence-corrected chi connectivity index (χ1v) is 14.7. The SMILES string of the molecule is CCN(CC)C(=O)C(Cc1ccc(NC(=O)Oc2ccccc2)cc1)C(=O)NS(=O)(=O)c1ccc2ccccc2c1.